The lowest BCUT2D eigenvalue weighted by molar-refractivity contribution is -0.176. The van der Waals surface area contributed by atoms with E-state index in [-0.39, 0.29) is 29.3 Å². The Morgan fingerprint density at radius 2 is 1.82 bits per heavy atom. The molecule has 3 N–H and O–H groups in total. The summed E-state index contributed by atoms with van der Waals surface area (Å²) in [6.07, 6.45) is 1.41. The van der Waals surface area contributed by atoms with Crippen LogP contribution in [0.2, 0.25) is 0 Å². The molecule has 178 valence electrons. The van der Waals surface area contributed by atoms with Crippen molar-refractivity contribution in [1.29, 1.82) is 0 Å². The number of cyclic esters (lactones) is 1. The highest BCUT2D eigenvalue weighted by atomic mass is 32.2. The van der Waals surface area contributed by atoms with Gasteiger partial charge in [-0.15, -0.1) is 11.8 Å². The van der Waals surface area contributed by atoms with E-state index in [2.05, 4.69) is 20.8 Å². The van der Waals surface area contributed by atoms with Crippen molar-refractivity contribution in [2.75, 3.05) is 5.73 Å². The fourth-order valence-corrected chi connectivity index (χ4v) is 5.55. The van der Waals surface area contributed by atoms with E-state index < -0.39 is 16.8 Å². The molecule has 1 saturated heterocycles. The van der Waals surface area contributed by atoms with E-state index in [9.17, 15) is 14.7 Å². The number of anilines is 1. The van der Waals surface area contributed by atoms with Crippen LogP contribution in [0.4, 0.5) is 5.69 Å². The summed E-state index contributed by atoms with van der Waals surface area (Å²) in [6.45, 7) is 12.2. The highest BCUT2D eigenvalue weighted by molar-refractivity contribution is 8.01. The van der Waals surface area contributed by atoms with Gasteiger partial charge >= 0.3 is 5.97 Å². The van der Waals surface area contributed by atoms with E-state index in [0.29, 0.717) is 18.5 Å². The topological polar surface area (TPSA) is 89.6 Å². The lowest BCUT2D eigenvalue weighted by Gasteiger charge is -2.41. The molecule has 1 aliphatic rings. The zero-order valence-corrected chi connectivity index (χ0v) is 21.2. The van der Waals surface area contributed by atoms with Crippen LogP contribution < -0.4 is 5.73 Å². The van der Waals surface area contributed by atoms with Crippen LogP contribution >= 0.6 is 11.8 Å². The number of hydrogen-bond donors (Lipinski definition) is 2. The summed E-state index contributed by atoms with van der Waals surface area (Å²) in [4.78, 5) is 27.4. The third-order valence-corrected chi connectivity index (χ3v) is 7.81. The summed E-state index contributed by atoms with van der Waals surface area (Å²) in [7, 11) is 0. The number of benzene rings is 2. The normalized spacial score (nSPS) is 21.4. The Kier molecular flexibility index (Phi) is 7.18. The number of hydrogen-bond acceptors (Lipinski definition) is 6. The maximum atomic E-state index is 13.3. The number of phenols is 1. The highest BCUT2D eigenvalue weighted by Gasteiger charge is 2.49. The number of nitrogen functional groups attached to an aromatic ring is 1. The van der Waals surface area contributed by atoms with Crippen molar-refractivity contribution in [1.82, 2.24) is 0 Å². The zero-order chi connectivity index (χ0) is 24.6. The molecule has 0 amide bonds. The molecule has 0 spiro atoms. The molecule has 5 nitrogen and oxygen atoms in total. The summed E-state index contributed by atoms with van der Waals surface area (Å²) in [5.41, 5.74) is 8.81. The fourth-order valence-electron chi connectivity index (χ4n) is 4.20. The predicted octanol–water partition coefficient (Wildman–Crippen LogP) is 5.58. The molecule has 6 heteroatoms. The minimum Gasteiger partial charge on any atom is -0.508 e. The molecule has 33 heavy (non-hydrogen) atoms. The molecule has 1 fully saturated rings. The number of aryl methyl sites for hydroxylation is 2. The molecule has 3 rings (SSSR count). The molecule has 1 unspecified atom stereocenters. The van der Waals surface area contributed by atoms with Crippen molar-refractivity contribution in [2.24, 2.45) is 5.92 Å². The number of ether oxygens (including phenoxy) is 1. The molecule has 1 heterocycles. The molecule has 2 aromatic rings. The van der Waals surface area contributed by atoms with Crippen molar-refractivity contribution in [3.63, 3.8) is 0 Å². The number of nitrogens with two attached hydrogens (primary N) is 1. The Morgan fingerprint density at radius 1 is 1.18 bits per heavy atom. The van der Waals surface area contributed by atoms with E-state index in [1.54, 1.807) is 12.1 Å². The van der Waals surface area contributed by atoms with Crippen LogP contribution in [0.5, 0.6) is 5.75 Å². The standard InChI is InChI=1S/C27H35NO4S/c1-16(2)27(12-11-18-7-9-19(29)10-8-18)15-22(30)24(25(31)32-27)33-23-13-17(3)21(28)14-20(23)26(4,5)6/h7-10,13-14,16,24,29H,11-12,15,28H2,1-6H3/t24?,27-/m0/s1. The first-order valence-electron chi connectivity index (χ1n) is 11.4. The zero-order valence-electron chi connectivity index (χ0n) is 20.4. The number of phenolic OH excluding ortho intramolecular Hbond substituents is 1. The van der Waals surface area contributed by atoms with Crippen molar-refractivity contribution in [3.05, 3.63) is 53.1 Å². The highest BCUT2D eigenvalue weighted by Crippen LogP contribution is 2.43. The Morgan fingerprint density at radius 3 is 2.36 bits per heavy atom. The average Bonchev–Trinajstić information content (AvgIpc) is 2.71. The number of ketones is 1. The number of Topliss-reactive ketones (excluding diaryl/α,β-unsaturated/α-hetero) is 1. The molecule has 0 aromatic heterocycles. The SMILES string of the molecule is Cc1cc(SC2C(=O)C[C@@](CCc3ccc(O)cc3)(C(C)C)OC2=O)c(C(C)(C)C)cc1N. The van der Waals surface area contributed by atoms with Crippen molar-refractivity contribution in [3.8, 4) is 5.75 Å². The van der Waals surface area contributed by atoms with Crippen LogP contribution in [-0.2, 0) is 26.2 Å². The summed E-state index contributed by atoms with van der Waals surface area (Å²) < 4.78 is 6.06. The van der Waals surface area contributed by atoms with E-state index in [4.69, 9.17) is 10.5 Å². The summed E-state index contributed by atoms with van der Waals surface area (Å²) in [5.74, 6) is -0.351. The van der Waals surface area contributed by atoms with Gasteiger partial charge in [-0.25, -0.2) is 0 Å². The quantitative estimate of drug-likeness (QED) is 0.326. The van der Waals surface area contributed by atoms with Crippen LogP contribution in [0.1, 0.15) is 64.2 Å². The van der Waals surface area contributed by atoms with E-state index in [1.165, 1.54) is 11.8 Å². The van der Waals surface area contributed by atoms with Gasteiger partial charge in [-0.2, -0.15) is 0 Å². The number of carbonyl (C=O) groups excluding carboxylic acids is 2. The molecule has 0 bridgehead atoms. The van der Waals surface area contributed by atoms with Gasteiger partial charge in [0.15, 0.2) is 11.0 Å². The van der Waals surface area contributed by atoms with Gasteiger partial charge < -0.3 is 15.6 Å². The van der Waals surface area contributed by atoms with Crippen LogP contribution in [0.15, 0.2) is 41.3 Å². The lowest BCUT2D eigenvalue weighted by atomic mass is 9.78. The Hall–Kier alpha value is -2.47. The molecule has 0 saturated carbocycles. The molecule has 2 aromatic carbocycles. The minimum atomic E-state index is -0.880. The van der Waals surface area contributed by atoms with Crippen LogP contribution in [0.3, 0.4) is 0 Å². The van der Waals surface area contributed by atoms with Gasteiger partial charge in [0.1, 0.15) is 11.4 Å². The maximum absolute atomic E-state index is 13.3. The van der Waals surface area contributed by atoms with Crippen LogP contribution in [-0.4, -0.2) is 27.7 Å². The number of thioether (sulfide) groups is 1. The van der Waals surface area contributed by atoms with Gasteiger partial charge in [-0.1, -0.05) is 46.8 Å². The molecular formula is C27H35NO4S. The Bertz CT molecular complexity index is 1020. The maximum Gasteiger partial charge on any atom is 0.327 e. The second-order valence-corrected chi connectivity index (χ2v) is 11.5. The molecule has 0 aliphatic carbocycles. The third-order valence-electron chi connectivity index (χ3n) is 6.53. The summed E-state index contributed by atoms with van der Waals surface area (Å²) in [6, 6.07) is 10.9. The van der Waals surface area contributed by atoms with E-state index in [0.717, 1.165) is 21.6 Å². The number of rotatable bonds is 6. The predicted molar refractivity (Wildman–Crippen MR) is 134 cm³/mol. The first-order valence-corrected chi connectivity index (χ1v) is 12.3. The first kappa shape index (κ1) is 25.2. The van der Waals surface area contributed by atoms with Crippen LogP contribution in [0.25, 0.3) is 0 Å². The van der Waals surface area contributed by atoms with Crippen LogP contribution in [0, 0.1) is 12.8 Å². The second-order valence-electron chi connectivity index (χ2n) is 10.4. The van der Waals surface area contributed by atoms with Gasteiger partial charge in [0, 0.05) is 17.0 Å². The summed E-state index contributed by atoms with van der Waals surface area (Å²) in [5, 5.41) is 8.63. The Balaban J connectivity index is 1.83. The summed E-state index contributed by atoms with van der Waals surface area (Å²) >= 11 is 1.28. The van der Waals surface area contributed by atoms with Gasteiger partial charge in [0.25, 0.3) is 0 Å². The monoisotopic (exact) mass is 469 g/mol. The number of carbonyl (C=O) groups is 2. The van der Waals surface area contributed by atoms with Crippen molar-refractivity contribution < 1.29 is 19.4 Å². The minimum absolute atomic E-state index is 0.00244. The average molecular weight is 470 g/mol. The molecule has 1 aliphatic heterocycles. The van der Waals surface area contributed by atoms with Gasteiger partial charge in [0.2, 0.25) is 0 Å². The largest absolute Gasteiger partial charge is 0.508 e. The lowest BCUT2D eigenvalue weighted by Crippen LogP contribution is -2.52. The number of esters is 1. The fraction of sp³-hybridized carbons (Fsp3) is 0.481. The first-order chi connectivity index (χ1) is 15.3. The number of aromatic hydroxyl groups is 1. The smallest absolute Gasteiger partial charge is 0.327 e. The van der Waals surface area contributed by atoms with E-state index in [1.807, 2.05) is 45.0 Å². The van der Waals surface area contributed by atoms with Gasteiger partial charge in [0.05, 0.1) is 0 Å². The molecule has 2 atom stereocenters. The molecular weight excluding hydrogens is 434 g/mol. The van der Waals surface area contributed by atoms with Gasteiger partial charge in [-0.05, 0) is 72.1 Å². The van der Waals surface area contributed by atoms with Crippen molar-refractivity contribution >= 4 is 29.2 Å². The second kappa shape index (κ2) is 9.41. The Labute approximate surface area is 201 Å². The van der Waals surface area contributed by atoms with Crippen molar-refractivity contribution in [2.45, 2.75) is 82.0 Å². The molecule has 0 radical (unpaired) electrons. The van der Waals surface area contributed by atoms with Gasteiger partial charge in [-0.3, -0.25) is 9.59 Å². The third kappa shape index (κ3) is 5.55. The van der Waals surface area contributed by atoms with E-state index >= 15 is 0 Å².